The third-order valence-corrected chi connectivity index (χ3v) is 6.09. The van der Waals surface area contributed by atoms with Crippen LogP contribution in [0.3, 0.4) is 0 Å². The topological polar surface area (TPSA) is 54.5 Å². The Hall–Kier alpha value is -1.47. The molecule has 3 rings (SSSR count). The third kappa shape index (κ3) is 4.58. The number of fused-ring (bicyclic) bond motifs is 1. The van der Waals surface area contributed by atoms with E-state index in [1.165, 1.54) is 4.70 Å². The van der Waals surface area contributed by atoms with Gasteiger partial charge in [0.15, 0.2) is 4.34 Å². The van der Waals surface area contributed by atoms with Crippen molar-refractivity contribution in [1.29, 1.82) is 0 Å². The fourth-order valence-corrected chi connectivity index (χ4v) is 4.47. The van der Waals surface area contributed by atoms with Crippen LogP contribution in [0.15, 0.2) is 22.5 Å². The van der Waals surface area contributed by atoms with E-state index in [2.05, 4.69) is 22.4 Å². The maximum absolute atomic E-state index is 12.4. The molecular formula is C18H25N3O2S2. The average molecular weight is 380 g/mol. The van der Waals surface area contributed by atoms with Gasteiger partial charge in [-0.05, 0) is 58.1 Å². The highest BCUT2D eigenvalue weighted by Crippen LogP contribution is 2.30. The summed E-state index contributed by atoms with van der Waals surface area (Å²) in [5.41, 5.74) is 1.65. The largest absolute Gasteiger partial charge is 0.444 e. The summed E-state index contributed by atoms with van der Waals surface area (Å²) in [5.74, 6) is 0. The van der Waals surface area contributed by atoms with Crippen LogP contribution in [-0.2, 0) is 4.74 Å². The van der Waals surface area contributed by atoms with Gasteiger partial charge in [-0.15, -0.1) is 11.3 Å². The first-order valence-electron chi connectivity index (χ1n) is 8.54. The van der Waals surface area contributed by atoms with Crippen molar-refractivity contribution in [3.8, 4) is 0 Å². The summed E-state index contributed by atoms with van der Waals surface area (Å²) in [6, 6.07) is 6.42. The van der Waals surface area contributed by atoms with Gasteiger partial charge in [0.25, 0.3) is 0 Å². The number of carbonyl (C=O) groups is 1. The van der Waals surface area contributed by atoms with E-state index in [0.717, 1.165) is 41.5 Å². The summed E-state index contributed by atoms with van der Waals surface area (Å²) >= 11 is 3.38. The predicted molar refractivity (Wildman–Crippen MR) is 106 cm³/mol. The Kier molecular flexibility index (Phi) is 5.43. The predicted octanol–water partition coefficient (Wildman–Crippen LogP) is 4.83. The molecule has 136 valence electrons. The number of ether oxygens (including phenoxy) is 1. The number of likely N-dealkylation sites (tertiary alicyclic amines) is 1. The normalized spacial score (nSPS) is 17.9. The van der Waals surface area contributed by atoms with Crippen LogP contribution < -0.4 is 5.32 Å². The summed E-state index contributed by atoms with van der Waals surface area (Å²) in [6.07, 6.45) is 3.86. The minimum absolute atomic E-state index is 0.175. The lowest BCUT2D eigenvalue weighted by atomic mass is 10.2. The smallest absolute Gasteiger partial charge is 0.410 e. The molecule has 1 aromatic heterocycles. The minimum Gasteiger partial charge on any atom is -0.444 e. The molecule has 1 saturated heterocycles. The molecule has 1 atom stereocenters. The second-order valence-electron chi connectivity index (χ2n) is 7.22. The number of thiazole rings is 1. The molecule has 0 bridgehead atoms. The van der Waals surface area contributed by atoms with Crippen LogP contribution in [0.2, 0.25) is 0 Å². The van der Waals surface area contributed by atoms with E-state index in [0.29, 0.717) is 0 Å². The molecule has 1 fully saturated rings. The van der Waals surface area contributed by atoms with E-state index in [1.807, 2.05) is 38.0 Å². The molecule has 2 aromatic rings. The van der Waals surface area contributed by atoms with Crippen molar-refractivity contribution in [2.75, 3.05) is 24.7 Å². The van der Waals surface area contributed by atoms with Crippen molar-refractivity contribution in [2.24, 2.45) is 0 Å². The molecule has 0 radical (unpaired) electrons. The SMILES string of the molecule is CSc1nc2ccc(NCC3CCCN3C(=O)OC(C)(C)C)cc2s1. The van der Waals surface area contributed by atoms with Gasteiger partial charge in [-0.3, -0.25) is 0 Å². The number of hydrogen-bond acceptors (Lipinski definition) is 6. The summed E-state index contributed by atoms with van der Waals surface area (Å²) < 4.78 is 7.79. The molecule has 2 heterocycles. The Balaban J connectivity index is 1.63. The van der Waals surface area contributed by atoms with Crippen molar-refractivity contribution < 1.29 is 9.53 Å². The molecule has 0 aliphatic carbocycles. The number of amides is 1. The van der Waals surface area contributed by atoms with Crippen molar-refractivity contribution in [2.45, 2.75) is 49.6 Å². The molecule has 1 amide bonds. The first-order chi connectivity index (χ1) is 11.9. The molecule has 1 aliphatic rings. The van der Waals surface area contributed by atoms with E-state index in [9.17, 15) is 4.79 Å². The Morgan fingerprint density at radius 3 is 3.00 bits per heavy atom. The van der Waals surface area contributed by atoms with Gasteiger partial charge in [0, 0.05) is 18.8 Å². The molecule has 5 nitrogen and oxygen atoms in total. The molecule has 1 aromatic carbocycles. The molecule has 1 unspecified atom stereocenters. The zero-order valence-corrected chi connectivity index (χ0v) is 16.8. The quantitative estimate of drug-likeness (QED) is 0.771. The van der Waals surface area contributed by atoms with Crippen LogP contribution in [0, 0.1) is 0 Å². The van der Waals surface area contributed by atoms with E-state index >= 15 is 0 Å². The standard InChI is InChI=1S/C18H25N3O2S2/c1-18(2,3)23-17(22)21-9-5-6-13(21)11-19-12-7-8-14-15(10-12)25-16(20-14)24-4/h7-8,10,13,19H,5-6,9,11H2,1-4H3. The summed E-state index contributed by atoms with van der Waals surface area (Å²) in [6.45, 7) is 7.22. The maximum atomic E-state index is 12.4. The number of anilines is 1. The lowest BCUT2D eigenvalue weighted by molar-refractivity contribution is 0.0235. The number of nitrogens with zero attached hydrogens (tertiary/aromatic N) is 2. The van der Waals surface area contributed by atoms with Crippen molar-refractivity contribution in [3.63, 3.8) is 0 Å². The average Bonchev–Trinajstić information content (AvgIpc) is 3.16. The van der Waals surface area contributed by atoms with Crippen molar-refractivity contribution in [3.05, 3.63) is 18.2 Å². The molecule has 1 N–H and O–H groups in total. The number of hydrogen-bond donors (Lipinski definition) is 1. The van der Waals surface area contributed by atoms with Gasteiger partial charge in [0.2, 0.25) is 0 Å². The zero-order chi connectivity index (χ0) is 18.0. The number of aromatic nitrogens is 1. The highest BCUT2D eigenvalue weighted by molar-refractivity contribution is 8.00. The van der Waals surface area contributed by atoms with Crippen LogP contribution >= 0.6 is 23.1 Å². The number of thioether (sulfide) groups is 1. The Labute approximate surface area is 157 Å². The molecule has 25 heavy (non-hydrogen) atoms. The van der Waals surface area contributed by atoms with Crippen molar-refractivity contribution in [1.82, 2.24) is 9.88 Å². The van der Waals surface area contributed by atoms with Gasteiger partial charge in [0.1, 0.15) is 5.60 Å². The lowest BCUT2D eigenvalue weighted by Gasteiger charge is -2.28. The molecular weight excluding hydrogens is 354 g/mol. The summed E-state index contributed by atoms with van der Waals surface area (Å²) in [5, 5.41) is 3.48. The highest BCUT2D eigenvalue weighted by atomic mass is 32.2. The number of carbonyl (C=O) groups excluding carboxylic acids is 1. The van der Waals surface area contributed by atoms with Gasteiger partial charge in [-0.2, -0.15) is 0 Å². The molecule has 7 heteroatoms. The van der Waals surface area contributed by atoms with Gasteiger partial charge < -0.3 is 15.0 Å². The van der Waals surface area contributed by atoms with E-state index in [4.69, 9.17) is 4.74 Å². The monoisotopic (exact) mass is 379 g/mol. The van der Waals surface area contributed by atoms with Gasteiger partial charge in [0.05, 0.1) is 16.3 Å². The van der Waals surface area contributed by atoms with Crippen LogP contribution in [0.25, 0.3) is 10.2 Å². The van der Waals surface area contributed by atoms with Crippen molar-refractivity contribution >= 4 is 45.1 Å². The summed E-state index contributed by atoms with van der Waals surface area (Å²) in [4.78, 5) is 18.8. The second kappa shape index (κ2) is 7.41. The Morgan fingerprint density at radius 2 is 2.28 bits per heavy atom. The number of nitrogens with one attached hydrogen (secondary N) is 1. The van der Waals surface area contributed by atoms with Crippen LogP contribution in [0.1, 0.15) is 33.6 Å². The Bertz CT molecular complexity index is 754. The first-order valence-corrected chi connectivity index (χ1v) is 10.6. The maximum Gasteiger partial charge on any atom is 0.410 e. The molecule has 1 aliphatic heterocycles. The highest BCUT2D eigenvalue weighted by Gasteiger charge is 2.31. The van der Waals surface area contributed by atoms with Crippen LogP contribution in [0.5, 0.6) is 0 Å². The van der Waals surface area contributed by atoms with Gasteiger partial charge >= 0.3 is 6.09 Å². The van der Waals surface area contributed by atoms with E-state index in [1.54, 1.807) is 23.1 Å². The van der Waals surface area contributed by atoms with E-state index < -0.39 is 5.60 Å². The van der Waals surface area contributed by atoms with Gasteiger partial charge in [-0.25, -0.2) is 9.78 Å². The summed E-state index contributed by atoms with van der Waals surface area (Å²) in [7, 11) is 0. The third-order valence-electron chi connectivity index (χ3n) is 4.09. The first kappa shape index (κ1) is 18.3. The fourth-order valence-electron chi connectivity index (χ4n) is 2.95. The van der Waals surface area contributed by atoms with Crippen LogP contribution in [0.4, 0.5) is 10.5 Å². The molecule has 0 saturated carbocycles. The Morgan fingerprint density at radius 1 is 1.48 bits per heavy atom. The fraction of sp³-hybridized carbons (Fsp3) is 0.556. The van der Waals surface area contributed by atoms with Gasteiger partial charge in [-0.1, -0.05) is 11.8 Å². The number of benzene rings is 1. The second-order valence-corrected chi connectivity index (χ2v) is 9.30. The minimum atomic E-state index is -0.455. The van der Waals surface area contributed by atoms with Crippen LogP contribution in [-0.4, -0.2) is 47.0 Å². The number of rotatable bonds is 4. The van der Waals surface area contributed by atoms with E-state index in [-0.39, 0.29) is 12.1 Å². The lowest BCUT2D eigenvalue weighted by Crippen LogP contribution is -2.42. The molecule has 0 spiro atoms. The zero-order valence-electron chi connectivity index (χ0n) is 15.2.